The van der Waals surface area contributed by atoms with Gasteiger partial charge in [-0.15, -0.1) is 0 Å². The van der Waals surface area contributed by atoms with E-state index in [1.165, 1.54) is 7.11 Å². The third kappa shape index (κ3) is 5.78. The summed E-state index contributed by atoms with van der Waals surface area (Å²) in [7, 11) is 1.29. The van der Waals surface area contributed by atoms with Gasteiger partial charge in [-0.2, -0.15) is 10.2 Å². The minimum absolute atomic E-state index is 0.128. The van der Waals surface area contributed by atoms with Gasteiger partial charge in [0.15, 0.2) is 0 Å². The first-order chi connectivity index (χ1) is 11.0. The molecule has 7 heteroatoms. The van der Waals surface area contributed by atoms with Crippen LogP contribution >= 0.6 is 0 Å². The number of benzene rings is 1. The Kier molecular flexibility index (Phi) is 7.34. The van der Waals surface area contributed by atoms with Crippen molar-refractivity contribution in [3.05, 3.63) is 29.8 Å². The summed E-state index contributed by atoms with van der Waals surface area (Å²) in [5, 5.41) is 17.7. The van der Waals surface area contributed by atoms with Crippen molar-refractivity contribution in [2.45, 2.75) is 32.2 Å². The van der Waals surface area contributed by atoms with Gasteiger partial charge in [-0.1, -0.05) is 12.1 Å². The number of carbonyl (C=O) groups excluding carboxylic acids is 2. The first-order valence-electron chi connectivity index (χ1n) is 7.32. The maximum absolute atomic E-state index is 11.7. The van der Waals surface area contributed by atoms with Crippen LogP contribution in [0.15, 0.2) is 34.5 Å². The van der Waals surface area contributed by atoms with Crippen LogP contribution in [0.25, 0.3) is 0 Å². The van der Waals surface area contributed by atoms with Gasteiger partial charge in [-0.05, 0) is 32.4 Å². The van der Waals surface area contributed by atoms with Gasteiger partial charge >= 0.3 is 11.9 Å². The molecule has 1 unspecified atom stereocenters. The van der Waals surface area contributed by atoms with Crippen molar-refractivity contribution < 1.29 is 24.2 Å². The molecule has 0 heterocycles. The smallest absolute Gasteiger partial charge is 0.340 e. The molecular weight excluding hydrogens is 300 g/mol. The monoisotopic (exact) mass is 322 g/mol. The number of nitrogens with zero attached hydrogens (tertiary/aromatic N) is 2. The van der Waals surface area contributed by atoms with Gasteiger partial charge < -0.3 is 14.6 Å². The lowest BCUT2D eigenvalue weighted by atomic mass is 9.98. The second-order valence-electron chi connectivity index (χ2n) is 5.17. The zero-order valence-corrected chi connectivity index (χ0v) is 13.6. The van der Waals surface area contributed by atoms with Crippen molar-refractivity contribution in [1.82, 2.24) is 0 Å². The highest BCUT2D eigenvalue weighted by Gasteiger charge is 2.25. The molecule has 0 saturated carbocycles. The quantitative estimate of drug-likeness (QED) is 0.586. The van der Waals surface area contributed by atoms with E-state index in [0.717, 1.165) is 0 Å². The summed E-state index contributed by atoms with van der Waals surface area (Å²) in [6.07, 6.45) is 0.412. The number of azo groups is 1. The third-order valence-electron chi connectivity index (χ3n) is 3.22. The Morgan fingerprint density at radius 2 is 2.00 bits per heavy atom. The Labute approximate surface area is 135 Å². The number of methoxy groups -OCH3 is 1. The highest BCUT2D eigenvalue weighted by Crippen LogP contribution is 2.24. The SMILES string of the molecule is CCOC(=O)CCC(C)(CO)N=Nc1ccccc1C(=O)OC. The van der Waals surface area contributed by atoms with Gasteiger partial charge in [0, 0.05) is 6.42 Å². The van der Waals surface area contributed by atoms with Gasteiger partial charge in [0.25, 0.3) is 0 Å². The van der Waals surface area contributed by atoms with E-state index in [9.17, 15) is 14.7 Å². The summed E-state index contributed by atoms with van der Waals surface area (Å²) in [4.78, 5) is 23.1. The number of aliphatic hydroxyl groups excluding tert-OH is 1. The fraction of sp³-hybridized carbons (Fsp3) is 0.500. The summed E-state index contributed by atoms with van der Waals surface area (Å²) in [5.74, 6) is -0.867. The van der Waals surface area contributed by atoms with Crippen LogP contribution in [0, 0.1) is 0 Å². The van der Waals surface area contributed by atoms with Gasteiger partial charge in [0.2, 0.25) is 0 Å². The standard InChI is InChI=1S/C16H22N2O5/c1-4-23-14(20)9-10-16(2,11-19)18-17-13-8-6-5-7-12(13)15(21)22-3/h5-8,19H,4,9-11H2,1-3H3. The Hall–Kier alpha value is -2.28. The lowest BCUT2D eigenvalue weighted by molar-refractivity contribution is -0.143. The van der Waals surface area contributed by atoms with E-state index in [-0.39, 0.29) is 31.0 Å². The summed E-state index contributed by atoms with van der Waals surface area (Å²) < 4.78 is 9.55. The molecule has 0 aliphatic rings. The first-order valence-corrected chi connectivity index (χ1v) is 7.32. The van der Waals surface area contributed by atoms with E-state index >= 15 is 0 Å². The van der Waals surface area contributed by atoms with Crippen LogP contribution in [0.4, 0.5) is 5.69 Å². The van der Waals surface area contributed by atoms with E-state index in [1.807, 2.05) is 0 Å². The fourth-order valence-electron chi connectivity index (χ4n) is 1.78. The Bertz CT molecular complexity index is 573. The minimum atomic E-state index is -0.935. The number of rotatable bonds is 8. The van der Waals surface area contributed by atoms with Crippen molar-refractivity contribution in [3.63, 3.8) is 0 Å². The van der Waals surface area contributed by atoms with Crippen LogP contribution in [0.1, 0.15) is 37.0 Å². The zero-order valence-electron chi connectivity index (χ0n) is 13.6. The van der Waals surface area contributed by atoms with E-state index in [4.69, 9.17) is 4.74 Å². The number of esters is 2. The lowest BCUT2D eigenvalue weighted by Gasteiger charge is -2.20. The van der Waals surface area contributed by atoms with Crippen molar-refractivity contribution in [2.24, 2.45) is 10.2 Å². The molecule has 0 bridgehead atoms. The maximum atomic E-state index is 11.7. The summed E-state index contributed by atoms with van der Waals surface area (Å²) in [5.41, 5.74) is -0.310. The number of hydrogen-bond donors (Lipinski definition) is 1. The van der Waals surface area contributed by atoms with Crippen LogP contribution in [0.5, 0.6) is 0 Å². The number of carbonyl (C=O) groups is 2. The predicted octanol–water partition coefficient (Wildman–Crippen LogP) is 2.65. The molecule has 1 aromatic carbocycles. The van der Waals surface area contributed by atoms with Crippen LogP contribution < -0.4 is 0 Å². The molecule has 0 amide bonds. The Balaban J connectivity index is 2.87. The van der Waals surface area contributed by atoms with E-state index in [2.05, 4.69) is 15.0 Å². The van der Waals surface area contributed by atoms with Gasteiger partial charge in [-0.3, -0.25) is 4.79 Å². The average molecular weight is 322 g/mol. The van der Waals surface area contributed by atoms with Crippen molar-refractivity contribution in [2.75, 3.05) is 20.3 Å². The Morgan fingerprint density at radius 3 is 2.61 bits per heavy atom. The number of ether oxygens (including phenoxy) is 2. The predicted molar refractivity (Wildman–Crippen MR) is 83.7 cm³/mol. The number of hydrogen-bond acceptors (Lipinski definition) is 7. The fourth-order valence-corrected chi connectivity index (χ4v) is 1.78. The van der Waals surface area contributed by atoms with E-state index < -0.39 is 11.5 Å². The molecule has 0 radical (unpaired) electrons. The molecule has 0 spiro atoms. The van der Waals surface area contributed by atoms with Crippen LogP contribution in [-0.2, 0) is 14.3 Å². The van der Waals surface area contributed by atoms with Crippen molar-refractivity contribution >= 4 is 17.6 Å². The third-order valence-corrected chi connectivity index (χ3v) is 3.22. The molecule has 0 aliphatic heterocycles. The number of aliphatic hydroxyl groups is 1. The maximum Gasteiger partial charge on any atom is 0.340 e. The van der Waals surface area contributed by atoms with Crippen LogP contribution in [-0.4, -0.2) is 42.9 Å². The zero-order chi connectivity index (χ0) is 17.3. The molecule has 1 rings (SSSR count). The highest BCUT2D eigenvalue weighted by molar-refractivity contribution is 5.94. The summed E-state index contributed by atoms with van der Waals surface area (Å²) in [6, 6.07) is 6.61. The summed E-state index contributed by atoms with van der Waals surface area (Å²) >= 11 is 0. The Morgan fingerprint density at radius 1 is 1.30 bits per heavy atom. The average Bonchev–Trinajstić information content (AvgIpc) is 2.58. The minimum Gasteiger partial charge on any atom is -0.466 e. The van der Waals surface area contributed by atoms with Crippen LogP contribution in [0.2, 0.25) is 0 Å². The van der Waals surface area contributed by atoms with E-state index in [0.29, 0.717) is 12.3 Å². The van der Waals surface area contributed by atoms with Crippen molar-refractivity contribution in [3.8, 4) is 0 Å². The first kappa shape index (κ1) is 18.8. The molecule has 126 valence electrons. The topological polar surface area (TPSA) is 97.5 Å². The largest absolute Gasteiger partial charge is 0.466 e. The summed E-state index contributed by atoms with van der Waals surface area (Å²) in [6.45, 7) is 3.43. The van der Waals surface area contributed by atoms with Gasteiger partial charge in [0.1, 0.15) is 5.54 Å². The lowest BCUT2D eigenvalue weighted by Crippen LogP contribution is -2.27. The molecule has 23 heavy (non-hydrogen) atoms. The second kappa shape index (κ2) is 8.99. The molecule has 0 aromatic heterocycles. The normalized spacial score (nSPS) is 13.6. The van der Waals surface area contributed by atoms with Gasteiger partial charge in [-0.25, -0.2) is 4.79 Å². The molecule has 7 nitrogen and oxygen atoms in total. The molecule has 1 atom stereocenters. The highest BCUT2D eigenvalue weighted by atomic mass is 16.5. The molecule has 1 N–H and O–H groups in total. The second-order valence-corrected chi connectivity index (χ2v) is 5.17. The van der Waals surface area contributed by atoms with Crippen molar-refractivity contribution in [1.29, 1.82) is 0 Å². The molecular formula is C16H22N2O5. The molecule has 0 fully saturated rings. The molecule has 0 saturated heterocycles. The van der Waals surface area contributed by atoms with E-state index in [1.54, 1.807) is 38.1 Å². The molecule has 1 aromatic rings. The van der Waals surface area contributed by atoms with Crippen LogP contribution in [0.3, 0.4) is 0 Å². The van der Waals surface area contributed by atoms with Gasteiger partial charge in [0.05, 0.1) is 31.6 Å². The molecule has 0 aliphatic carbocycles.